The van der Waals surface area contributed by atoms with Crippen molar-refractivity contribution >= 4 is 32.4 Å². The maximum Gasteiger partial charge on any atom is 0.308 e. The molecular formula is C21H39N2O3PS. The maximum absolute atomic E-state index is 11.1. The average Bonchev–Trinajstić information content (AvgIpc) is 2.72. The average molecular weight is 431 g/mol. The molecular weight excluding hydrogens is 391 g/mol. The fourth-order valence-electron chi connectivity index (χ4n) is 1.70. The fraction of sp³-hybridized carbons (Fsp3) is 0.524. The number of aromatic hydroxyl groups is 1. The third-order valence-corrected chi connectivity index (χ3v) is 4.26. The van der Waals surface area contributed by atoms with Crippen LogP contribution in [-0.4, -0.2) is 36.2 Å². The Kier molecular flexibility index (Phi) is 26.2. The first kappa shape index (κ1) is 31.2. The summed E-state index contributed by atoms with van der Waals surface area (Å²) in [6.07, 6.45) is 7.71. The van der Waals surface area contributed by atoms with E-state index in [9.17, 15) is 4.79 Å². The molecule has 0 radical (unpaired) electrons. The van der Waals surface area contributed by atoms with Crippen molar-refractivity contribution in [2.75, 3.05) is 14.2 Å². The highest BCUT2D eigenvalue weighted by molar-refractivity contribution is 8.37. The third-order valence-electron chi connectivity index (χ3n) is 2.99. The zero-order valence-corrected chi connectivity index (χ0v) is 20.5. The van der Waals surface area contributed by atoms with Crippen molar-refractivity contribution in [2.45, 2.75) is 54.4 Å². The van der Waals surface area contributed by atoms with E-state index in [1.165, 1.54) is 7.11 Å². The standard InChI is InChI=1S/C11H14O3.C5H10.C3H9N2PS.C2H6/c1-8(11(13)14-2)7-9-3-5-10(12)6-4-9;1-3-5-4-2;1-3-4-5(2)6-7;1-2/h3-6,8,12H,7H2,1-2H3;3,5H,4H2,1-2H3;3,6-7H,1-2H3;1-2H3/b;;4-3+;. The summed E-state index contributed by atoms with van der Waals surface area (Å²) in [6, 6.07) is 6.82. The van der Waals surface area contributed by atoms with Gasteiger partial charge in [0.15, 0.2) is 0 Å². The number of phenolic OH excluding ortho intramolecular Hbond substituents is 1. The summed E-state index contributed by atoms with van der Waals surface area (Å²) in [6.45, 7) is 11.9. The molecule has 0 aliphatic heterocycles. The van der Waals surface area contributed by atoms with Crippen molar-refractivity contribution in [3.63, 3.8) is 0 Å². The first-order chi connectivity index (χ1) is 13.4. The summed E-state index contributed by atoms with van der Waals surface area (Å²) < 4.78 is 6.39. The zero-order valence-electron chi connectivity index (χ0n) is 18.6. The SMILES string of the molecule is C/C=N/N(C)PS.CC.CC=CCC.COC(=O)C(C)Cc1ccc(O)cc1. The molecule has 7 heteroatoms. The van der Waals surface area contributed by atoms with Crippen LogP contribution in [0.4, 0.5) is 0 Å². The van der Waals surface area contributed by atoms with Gasteiger partial charge in [0.05, 0.1) is 21.0 Å². The van der Waals surface area contributed by atoms with Crippen LogP contribution in [0.3, 0.4) is 0 Å². The molecule has 2 atom stereocenters. The largest absolute Gasteiger partial charge is 0.508 e. The molecule has 1 N–H and O–H groups in total. The number of esters is 1. The minimum atomic E-state index is -0.210. The number of benzene rings is 1. The number of allylic oxidation sites excluding steroid dienone is 2. The number of hydrogen-bond acceptors (Lipinski definition) is 6. The van der Waals surface area contributed by atoms with Gasteiger partial charge in [0.25, 0.3) is 0 Å². The molecule has 0 aliphatic rings. The molecule has 5 nitrogen and oxygen atoms in total. The van der Waals surface area contributed by atoms with Gasteiger partial charge in [0.1, 0.15) is 5.75 Å². The number of nitrogens with zero attached hydrogens (tertiary/aromatic N) is 2. The van der Waals surface area contributed by atoms with E-state index in [-0.39, 0.29) is 17.6 Å². The number of phenols is 1. The fourth-order valence-corrected chi connectivity index (χ4v) is 2.03. The highest BCUT2D eigenvalue weighted by Crippen LogP contribution is 2.18. The van der Waals surface area contributed by atoms with Crippen LogP contribution in [0, 0.1) is 5.92 Å². The monoisotopic (exact) mass is 430 g/mol. The van der Waals surface area contributed by atoms with E-state index in [0.717, 1.165) is 12.0 Å². The first-order valence-electron chi connectivity index (χ1n) is 9.45. The number of carbonyl (C=O) groups is 1. The number of hydrazone groups is 1. The van der Waals surface area contributed by atoms with Gasteiger partial charge in [-0.15, -0.1) is 12.2 Å². The van der Waals surface area contributed by atoms with Crippen LogP contribution in [0.15, 0.2) is 41.5 Å². The Balaban J connectivity index is -0.000000375. The second kappa shape index (κ2) is 23.5. The zero-order chi connectivity index (χ0) is 22.4. The molecule has 0 heterocycles. The summed E-state index contributed by atoms with van der Waals surface area (Å²) in [7, 11) is 3.73. The molecule has 1 rings (SSSR count). The van der Waals surface area contributed by atoms with Crippen molar-refractivity contribution in [3.05, 3.63) is 42.0 Å². The lowest BCUT2D eigenvalue weighted by atomic mass is 10.0. The minimum Gasteiger partial charge on any atom is -0.508 e. The molecule has 0 spiro atoms. The van der Waals surface area contributed by atoms with Gasteiger partial charge >= 0.3 is 5.97 Å². The highest BCUT2D eigenvalue weighted by Gasteiger charge is 2.13. The van der Waals surface area contributed by atoms with E-state index in [1.807, 2.05) is 41.7 Å². The smallest absolute Gasteiger partial charge is 0.308 e. The Hall–Kier alpha value is -1.52. The summed E-state index contributed by atoms with van der Waals surface area (Å²) in [5.41, 5.74) is 1.01. The van der Waals surface area contributed by atoms with Crippen LogP contribution in [-0.2, 0) is 16.0 Å². The van der Waals surface area contributed by atoms with E-state index in [1.54, 1.807) is 35.3 Å². The summed E-state index contributed by atoms with van der Waals surface area (Å²) in [4.78, 5) is 11.1. The molecule has 0 saturated carbocycles. The number of thiol groups is 1. The van der Waals surface area contributed by atoms with E-state index in [4.69, 9.17) is 5.11 Å². The van der Waals surface area contributed by atoms with E-state index in [0.29, 0.717) is 14.4 Å². The molecule has 1 aromatic rings. The molecule has 0 fully saturated rings. The van der Waals surface area contributed by atoms with Gasteiger partial charge in [-0.05, 0) is 44.4 Å². The third kappa shape index (κ3) is 20.8. The van der Waals surface area contributed by atoms with E-state index < -0.39 is 0 Å². The Labute approximate surface area is 179 Å². The molecule has 0 saturated heterocycles. The van der Waals surface area contributed by atoms with Crippen LogP contribution in [0.5, 0.6) is 5.75 Å². The Morgan fingerprint density at radius 2 is 1.86 bits per heavy atom. The molecule has 0 amide bonds. The Morgan fingerprint density at radius 1 is 1.32 bits per heavy atom. The second-order valence-electron chi connectivity index (χ2n) is 5.27. The van der Waals surface area contributed by atoms with Crippen molar-refractivity contribution in [1.82, 2.24) is 4.78 Å². The summed E-state index contributed by atoms with van der Waals surface area (Å²) >= 11 is 3.99. The molecule has 0 aromatic heterocycles. The van der Waals surface area contributed by atoms with Gasteiger partial charge in [0.2, 0.25) is 0 Å². The second-order valence-corrected chi connectivity index (χ2v) is 6.72. The van der Waals surface area contributed by atoms with E-state index >= 15 is 0 Å². The van der Waals surface area contributed by atoms with Crippen molar-refractivity contribution in [1.29, 1.82) is 0 Å². The van der Waals surface area contributed by atoms with Crippen LogP contribution >= 0.6 is 20.2 Å². The number of carbonyl (C=O) groups excluding carboxylic acids is 1. The van der Waals surface area contributed by atoms with Gasteiger partial charge in [-0.1, -0.05) is 52.0 Å². The van der Waals surface area contributed by atoms with Crippen molar-refractivity contribution in [3.8, 4) is 5.75 Å². The Bertz CT molecular complexity index is 523. The molecule has 28 heavy (non-hydrogen) atoms. The quantitative estimate of drug-likeness (QED) is 0.143. The van der Waals surface area contributed by atoms with Crippen LogP contribution in [0.25, 0.3) is 0 Å². The molecule has 0 aliphatic carbocycles. The highest BCUT2D eigenvalue weighted by atomic mass is 32.7. The van der Waals surface area contributed by atoms with Gasteiger partial charge in [-0.2, -0.15) is 5.10 Å². The molecule has 162 valence electrons. The number of methoxy groups -OCH3 is 1. The maximum atomic E-state index is 11.1. The first-order valence-corrected chi connectivity index (χ1v) is 11.7. The lowest BCUT2D eigenvalue weighted by Gasteiger charge is -2.08. The normalized spacial score (nSPS) is 11.0. The Morgan fingerprint density at radius 3 is 2.14 bits per heavy atom. The summed E-state index contributed by atoms with van der Waals surface area (Å²) in [5.74, 6) is -0.123. The van der Waals surface area contributed by atoms with Crippen molar-refractivity contribution in [2.24, 2.45) is 11.0 Å². The predicted molar refractivity (Wildman–Crippen MR) is 129 cm³/mol. The summed E-state index contributed by atoms with van der Waals surface area (Å²) in [5, 5.41) is 12.9. The topological polar surface area (TPSA) is 62.1 Å². The van der Waals surface area contributed by atoms with Gasteiger partial charge in [0, 0.05) is 13.3 Å². The minimum absolute atomic E-state index is 0.149. The van der Waals surface area contributed by atoms with Gasteiger partial charge in [-0.25, -0.2) is 0 Å². The lowest BCUT2D eigenvalue weighted by molar-refractivity contribution is -0.144. The number of rotatable bonds is 6. The molecule has 1 aromatic carbocycles. The number of hydrogen-bond donors (Lipinski definition) is 2. The van der Waals surface area contributed by atoms with Crippen LogP contribution < -0.4 is 0 Å². The predicted octanol–water partition coefficient (Wildman–Crippen LogP) is 6.10. The molecule has 2 unspecified atom stereocenters. The van der Waals surface area contributed by atoms with E-state index in [2.05, 4.69) is 41.2 Å². The van der Waals surface area contributed by atoms with Gasteiger partial charge in [-0.3, -0.25) is 9.57 Å². The van der Waals surface area contributed by atoms with Crippen molar-refractivity contribution < 1.29 is 14.6 Å². The molecule has 0 bridgehead atoms. The van der Waals surface area contributed by atoms with Gasteiger partial charge < -0.3 is 9.84 Å². The lowest BCUT2D eigenvalue weighted by Crippen LogP contribution is -2.14. The number of ether oxygens (including phenoxy) is 1. The van der Waals surface area contributed by atoms with Crippen LogP contribution in [0.1, 0.15) is 53.5 Å². The van der Waals surface area contributed by atoms with Crippen LogP contribution in [0.2, 0.25) is 0 Å².